The third-order valence-electron chi connectivity index (χ3n) is 4.28. The van der Waals surface area contributed by atoms with Gasteiger partial charge in [0, 0.05) is 11.4 Å². The molecule has 2 N–H and O–H groups in total. The SMILES string of the molecule is COc1ccc(OCCC(=O)Nc2ccc(NS(=O)(=O)c3ccc(F)c(F)c3)cc2)cc1. The van der Waals surface area contributed by atoms with Crippen molar-refractivity contribution in [3.8, 4) is 11.5 Å². The van der Waals surface area contributed by atoms with Crippen molar-refractivity contribution in [2.75, 3.05) is 23.8 Å². The molecule has 0 radical (unpaired) electrons. The Hall–Kier alpha value is -3.66. The van der Waals surface area contributed by atoms with E-state index in [1.165, 1.54) is 24.3 Å². The lowest BCUT2D eigenvalue weighted by atomic mass is 10.3. The summed E-state index contributed by atoms with van der Waals surface area (Å²) in [5, 5.41) is 2.67. The van der Waals surface area contributed by atoms with Gasteiger partial charge in [-0.25, -0.2) is 17.2 Å². The molecular weight excluding hydrogens is 442 g/mol. The summed E-state index contributed by atoms with van der Waals surface area (Å²) in [6.45, 7) is 0.171. The van der Waals surface area contributed by atoms with Crippen LogP contribution in [0.5, 0.6) is 11.5 Å². The van der Waals surface area contributed by atoms with Crippen molar-refractivity contribution < 1.29 is 31.5 Å². The van der Waals surface area contributed by atoms with Crippen molar-refractivity contribution in [2.45, 2.75) is 11.3 Å². The van der Waals surface area contributed by atoms with Gasteiger partial charge < -0.3 is 14.8 Å². The van der Waals surface area contributed by atoms with Gasteiger partial charge in [-0.15, -0.1) is 0 Å². The standard InChI is InChI=1S/C22H20F2N2O5S/c1-30-17-6-8-18(9-7-17)31-13-12-22(27)25-15-2-4-16(5-3-15)26-32(28,29)19-10-11-20(23)21(24)14-19/h2-11,14,26H,12-13H2,1H3,(H,25,27). The summed E-state index contributed by atoms with van der Waals surface area (Å²) < 4.78 is 63.8. The number of sulfonamides is 1. The Labute approximate surface area is 184 Å². The number of benzene rings is 3. The molecule has 0 heterocycles. The first-order valence-corrected chi connectivity index (χ1v) is 10.9. The van der Waals surface area contributed by atoms with Crippen LogP contribution < -0.4 is 19.5 Å². The second kappa shape index (κ2) is 10.1. The second-order valence-electron chi connectivity index (χ2n) is 6.58. The zero-order valence-corrected chi connectivity index (χ0v) is 17.8. The number of carbonyl (C=O) groups is 1. The molecule has 0 aliphatic heterocycles. The van der Waals surface area contributed by atoms with Gasteiger partial charge in [-0.2, -0.15) is 0 Å². The fraction of sp³-hybridized carbons (Fsp3) is 0.136. The van der Waals surface area contributed by atoms with Gasteiger partial charge >= 0.3 is 0 Å². The summed E-state index contributed by atoms with van der Waals surface area (Å²) in [4.78, 5) is 11.7. The van der Waals surface area contributed by atoms with Gasteiger partial charge in [0.1, 0.15) is 11.5 Å². The van der Waals surface area contributed by atoms with Crippen LogP contribution in [0.3, 0.4) is 0 Å². The van der Waals surface area contributed by atoms with Crippen LogP contribution in [0.1, 0.15) is 6.42 Å². The Kier molecular flexibility index (Phi) is 7.26. The number of carbonyl (C=O) groups excluding carboxylic acids is 1. The van der Waals surface area contributed by atoms with Crippen LogP contribution in [-0.2, 0) is 14.8 Å². The van der Waals surface area contributed by atoms with Crippen LogP contribution in [0.15, 0.2) is 71.6 Å². The molecule has 1 amide bonds. The van der Waals surface area contributed by atoms with Crippen LogP contribution in [0.25, 0.3) is 0 Å². The minimum absolute atomic E-state index is 0.108. The second-order valence-corrected chi connectivity index (χ2v) is 8.26. The Morgan fingerprint density at radius 1 is 0.875 bits per heavy atom. The molecule has 0 aromatic heterocycles. The molecule has 10 heteroatoms. The topological polar surface area (TPSA) is 93.7 Å². The number of hydrogen-bond acceptors (Lipinski definition) is 5. The fourth-order valence-corrected chi connectivity index (χ4v) is 3.71. The molecule has 0 aliphatic carbocycles. The van der Waals surface area contributed by atoms with E-state index in [9.17, 15) is 22.0 Å². The Morgan fingerprint density at radius 3 is 2.12 bits per heavy atom. The number of nitrogens with one attached hydrogen (secondary N) is 2. The fourth-order valence-electron chi connectivity index (χ4n) is 2.64. The normalized spacial score (nSPS) is 11.0. The molecule has 0 spiro atoms. The Bertz CT molecular complexity index is 1180. The van der Waals surface area contributed by atoms with Crippen LogP contribution in [0.4, 0.5) is 20.2 Å². The minimum Gasteiger partial charge on any atom is -0.497 e. The van der Waals surface area contributed by atoms with Gasteiger partial charge in [0.2, 0.25) is 5.91 Å². The first kappa shape index (κ1) is 23.0. The Morgan fingerprint density at radius 2 is 1.50 bits per heavy atom. The highest BCUT2D eigenvalue weighted by molar-refractivity contribution is 7.92. The van der Waals surface area contributed by atoms with Crippen LogP contribution in [-0.4, -0.2) is 28.0 Å². The summed E-state index contributed by atoms with van der Waals surface area (Å²) >= 11 is 0. The molecule has 0 unspecified atom stereocenters. The van der Waals surface area contributed by atoms with Crippen molar-refractivity contribution in [3.05, 3.63) is 78.4 Å². The highest BCUT2D eigenvalue weighted by atomic mass is 32.2. The first-order valence-electron chi connectivity index (χ1n) is 9.41. The molecule has 32 heavy (non-hydrogen) atoms. The van der Waals surface area contributed by atoms with E-state index in [1.807, 2.05) is 0 Å². The van der Waals surface area contributed by atoms with E-state index >= 15 is 0 Å². The monoisotopic (exact) mass is 462 g/mol. The summed E-state index contributed by atoms with van der Waals surface area (Å²) in [7, 11) is -2.54. The van der Waals surface area contributed by atoms with E-state index in [0.717, 1.165) is 12.1 Å². The highest BCUT2D eigenvalue weighted by Gasteiger charge is 2.16. The number of halogens is 2. The van der Waals surface area contributed by atoms with E-state index in [1.54, 1.807) is 31.4 Å². The lowest BCUT2D eigenvalue weighted by molar-refractivity contribution is -0.116. The van der Waals surface area contributed by atoms with Crippen molar-refractivity contribution in [1.82, 2.24) is 0 Å². The molecule has 0 saturated carbocycles. The van der Waals surface area contributed by atoms with E-state index in [4.69, 9.17) is 9.47 Å². The molecule has 3 aromatic rings. The van der Waals surface area contributed by atoms with E-state index < -0.39 is 26.6 Å². The molecule has 0 saturated heterocycles. The third-order valence-corrected chi connectivity index (χ3v) is 5.66. The van der Waals surface area contributed by atoms with Gasteiger partial charge in [-0.05, 0) is 66.7 Å². The van der Waals surface area contributed by atoms with Crippen molar-refractivity contribution >= 4 is 27.3 Å². The maximum absolute atomic E-state index is 13.3. The molecule has 7 nitrogen and oxygen atoms in total. The van der Waals surface area contributed by atoms with Crippen molar-refractivity contribution in [2.24, 2.45) is 0 Å². The third kappa shape index (κ3) is 6.17. The number of methoxy groups -OCH3 is 1. The lowest BCUT2D eigenvalue weighted by Crippen LogP contribution is -2.15. The van der Waals surface area contributed by atoms with Crippen molar-refractivity contribution in [1.29, 1.82) is 0 Å². The van der Waals surface area contributed by atoms with Crippen LogP contribution in [0.2, 0.25) is 0 Å². The van der Waals surface area contributed by atoms with Gasteiger partial charge in [-0.3, -0.25) is 9.52 Å². The highest BCUT2D eigenvalue weighted by Crippen LogP contribution is 2.20. The zero-order chi connectivity index (χ0) is 23.1. The van der Waals surface area contributed by atoms with Crippen LogP contribution in [0, 0.1) is 11.6 Å². The number of anilines is 2. The number of ether oxygens (including phenoxy) is 2. The molecular formula is C22H20F2N2O5S. The molecule has 0 bridgehead atoms. The van der Waals surface area contributed by atoms with Gasteiger partial charge in [0.05, 0.1) is 25.0 Å². The van der Waals surface area contributed by atoms with Gasteiger partial charge in [-0.1, -0.05) is 0 Å². The van der Waals surface area contributed by atoms with E-state index in [0.29, 0.717) is 23.3 Å². The van der Waals surface area contributed by atoms with Gasteiger partial charge in [0.25, 0.3) is 10.0 Å². The molecule has 0 fully saturated rings. The molecule has 3 rings (SSSR count). The summed E-state index contributed by atoms with van der Waals surface area (Å²) in [5.74, 6) is -1.38. The maximum Gasteiger partial charge on any atom is 0.261 e. The minimum atomic E-state index is -4.10. The lowest BCUT2D eigenvalue weighted by Gasteiger charge is -2.10. The van der Waals surface area contributed by atoms with Crippen molar-refractivity contribution in [3.63, 3.8) is 0 Å². The van der Waals surface area contributed by atoms with Crippen LogP contribution >= 0.6 is 0 Å². The number of hydrogen-bond donors (Lipinski definition) is 2. The van der Waals surface area contributed by atoms with E-state index in [-0.39, 0.29) is 24.6 Å². The molecule has 0 atom stereocenters. The summed E-state index contributed by atoms with van der Waals surface area (Å²) in [6, 6.07) is 15.1. The molecule has 0 aliphatic rings. The predicted molar refractivity (Wildman–Crippen MR) is 115 cm³/mol. The van der Waals surface area contributed by atoms with Gasteiger partial charge in [0.15, 0.2) is 11.6 Å². The first-order chi connectivity index (χ1) is 15.3. The average molecular weight is 462 g/mol. The largest absolute Gasteiger partial charge is 0.497 e. The molecule has 168 valence electrons. The summed E-state index contributed by atoms with van der Waals surface area (Å²) in [6.07, 6.45) is 0.108. The van der Waals surface area contributed by atoms with E-state index in [2.05, 4.69) is 10.0 Å². The summed E-state index contributed by atoms with van der Waals surface area (Å²) in [5.41, 5.74) is 0.644. The Balaban J connectivity index is 1.51. The predicted octanol–water partition coefficient (Wildman–Crippen LogP) is 4.18. The number of amides is 1. The molecule has 3 aromatic carbocycles. The quantitative estimate of drug-likeness (QED) is 0.498. The average Bonchev–Trinajstić information content (AvgIpc) is 2.77. The number of rotatable bonds is 9. The zero-order valence-electron chi connectivity index (χ0n) is 17.0. The maximum atomic E-state index is 13.3. The smallest absolute Gasteiger partial charge is 0.261 e.